The first-order valence-electron chi connectivity index (χ1n) is 10.3. The highest BCUT2D eigenvalue weighted by molar-refractivity contribution is 5.77. The van der Waals surface area contributed by atoms with Gasteiger partial charge in [-0.05, 0) is 18.9 Å². The number of carbonyl (C=O) groups excluding carboxylic acids is 2. The summed E-state index contributed by atoms with van der Waals surface area (Å²) in [6.45, 7) is 1.45. The van der Waals surface area contributed by atoms with Crippen LogP contribution in [0.15, 0.2) is 43.0 Å². The van der Waals surface area contributed by atoms with Crippen LogP contribution in [0.5, 0.6) is 5.75 Å². The predicted molar refractivity (Wildman–Crippen MR) is 108 cm³/mol. The number of aryl methyl sites for hydroxylation is 1. The lowest BCUT2D eigenvalue weighted by molar-refractivity contribution is -0.129. The van der Waals surface area contributed by atoms with E-state index in [-0.39, 0.29) is 17.9 Å². The molecule has 7 nitrogen and oxygen atoms in total. The van der Waals surface area contributed by atoms with Crippen LogP contribution in [0.25, 0.3) is 0 Å². The van der Waals surface area contributed by atoms with E-state index in [0.29, 0.717) is 32.2 Å². The van der Waals surface area contributed by atoms with Gasteiger partial charge in [-0.3, -0.25) is 9.59 Å². The molecule has 1 aromatic heterocycles. The quantitative estimate of drug-likeness (QED) is 0.843. The third kappa shape index (κ3) is 4.44. The van der Waals surface area contributed by atoms with E-state index in [1.165, 1.54) is 0 Å². The van der Waals surface area contributed by atoms with Crippen molar-refractivity contribution in [2.75, 3.05) is 13.6 Å². The molecule has 3 heterocycles. The van der Waals surface area contributed by atoms with Gasteiger partial charge in [0.15, 0.2) is 0 Å². The van der Waals surface area contributed by atoms with Crippen molar-refractivity contribution in [3.63, 3.8) is 0 Å². The zero-order chi connectivity index (χ0) is 20.3. The topological polar surface area (TPSA) is 76.5 Å². The molecule has 0 radical (unpaired) electrons. The van der Waals surface area contributed by atoms with Crippen molar-refractivity contribution in [1.29, 1.82) is 0 Å². The number of imidazole rings is 1. The van der Waals surface area contributed by atoms with Crippen LogP contribution in [0.3, 0.4) is 0 Å². The highest BCUT2D eigenvalue weighted by Gasteiger charge is 2.43. The molecule has 4 rings (SSSR count). The minimum Gasteiger partial charge on any atom is -0.487 e. The molecule has 2 aromatic rings. The average molecular weight is 396 g/mol. The number of amides is 2. The molecule has 0 unspecified atom stereocenters. The lowest BCUT2D eigenvalue weighted by atomic mass is 9.82. The van der Waals surface area contributed by atoms with Crippen molar-refractivity contribution in [1.82, 2.24) is 19.8 Å². The van der Waals surface area contributed by atoms with Crippen molar-refractivity contribution < 1.29 is 14.3 Å². The zero-order valence-corrected chi connectivity index (χ0v) is 16.8. The first kappa shape index (κ1) is 19.5. The van der Waals surface area contributed by atoms with E-state index in [1.807, 2.05) is 42.1 Å². The fourth-order valence-corrected chi connectivity index (χ4v) is 4.31. The Morgan fingerprint density at radius 3 is 3.03 bits per heavy atom. The molecule has 0 bridgehead atoms. The van der Waals surface area contributed by atoms with E-state index in [2.05, 4.69) is 10.3 Å². The fraction of sp³-hybridized carbons (Fsp3) is 0.500. The summed E-state index contributed by atoms with van der Waals surface area (Å²) in [6.07, 6.45) is 9.26. The number of benzene rings is 1. The molecular formula is C22H28N4O3. The second-order valence-electron chi connectivity index (χ2n) is 8.12. The molecule has 29 heavy (non-hydrogen) atoms. The number of ether oxygens (including phenoxy) is 1. The Kier molecular flexibility index (Phi) is 5.56. The van der Waals surface area contributed by atoms with Gasteiger partial charge in [-0.15, -0.1) is 0 Å². The minimum absolute atomic E-state index is 0.0452. The van der Waals surface area contributed by atoms with Crippen LogP contribution in [-0.4, -0.2) is 45.5 Å². The molecule has 7 heteroatoms. The van der Waals surface area contributed by atoms with Crippen LogP contribution in [0.2, 0.25) is 0 Å². The summed E-state index contributed by atoms with van der Waals surface area (Å²) in [7, 11) is 1.84. The molecular weight excluding hydrogens is 368 g/mol. The van der Waals surface area contributed by atoms with Crippen molar-refractivity contribution in [3.05, 3.63) is 48.5 Å². The Hall–Kier alpha value is -2.83. The van der Waals surface area contributed by atoms with Gasteiger partial charge in [-0.2, -0.15) is 0 Å². The maximum Gasteiger partial charge on any atom is 0.222 e. The summed E-state index contributed by atoms with van der Waals surface area (Å²) in [6, 6.07) is 7.81. The van der Waals surface area contributed by atoms with Gasteiger partial charge in [0.25, 0.3) is 0 Å². The Balaban J connectivity index is 1.45. The molecule has 1 saturated heterocycles. The first-order chi connectivity index (χ1) is 14.0. The van der Waals surface area contributed by atoms with E-state index in [1.54, 1.807) is 17.4 Å². The molecule has 1 N–H and O–H groups in total. The third-order valence-corrected chi connectivity index (χ3v) is 6.03. The number of fused-ring (bicyclic) bond motifs is 1. The van der Waals surface area contributed by atoms with E-state index < -0.39 is 5.60 Å². The van der Waals surface area contributed by atoms with Crippen molar-refractivity contribution in [3.8, 4) is 5.75 Å². The second-order valence-corrected chi connectivity index (χ2v) is 8.12. The Morgan fingerprint density at radius 2 is 2.21 bits per heavy atom. The monoisotopic (exact) mass is 396 g/mol. The highest BCUT2D eigenvalue weighted by atomic mass is 16.5. The number of para-hydroxylation sites is 1. The van der Waals surface area contributed by atoms with Crippen LogP contribution in [0.1, 0.15) is 50.1 Å². The molecule has 2 aliphatic heterocycles. The second kappa shape index (κ2) is 8.27. The lowest BCUT2D eigenvalue weighted by Crippen LogP contribution is -2.45. The van der Waals surface area contributed by atoms with E-state index in [4.69, 9.17) is 4.74 Å². The van der Waals surface area contributed by atoms with Crippen molar-refractivity contribution in [2.24, 2.45) is 0 Å². The number of hydrogen-bond donors (Lipinski definition) is 1. The van der Waals surface area contributed by atoms with Crippen LogP contribution in [0.4, 0.5) is 0 Å². The van der Waals surface area contributed by atoms with E-state index in [0.717, 1.165) is 30.7 Å². The molecule has 154 valence electrons. The SMILES string of the molecule is CN1CC[C@@]2(CCC1=O)C[C@@H](NC(=O)CCCn1ccnc1)c1ccccc1O2. The average Bonchev–Trinajstić information content (AvgIpc) is 3.19. The van der Waals surface area contributed by atoms with Gasteiger partial charge >= 0.3 is 0 Å². The van der Waals surface area contributed by atoms with Gasteiger partial charge in [0.2, 0.25) is 11.8 Å². The molecule has 1 fully saturated rings. The number of nitrogens with one attached hydrogen (secondary N) is 1. The first-order valence-corrected chi connectivity index (χ1v) is 10.3. The summed E-state index contributed by atoms with van der Waals surface area (Å²) in [5, 5.41) is 3.23. The Labute approximate surface area is 171 Å². The molecule has 2 aliphatic rings. The third-order valence-electron chi connectivity index (χ3n) is 6.03. The minimum atomic E-state index is -0.413. The fourth-order valence-electron chi connectivity index (χ4n) is 4.31. The van der Waals surface area contributed by atoms with Gasteiger partial charge < -0.3 is 19.5 Å². The van der Waals surface area contributed by atoms with Crippen molar-refractivity contribution >= 4 is 11.8 Å². The molecule has 2 amide bonds. The molecule has 0 aliphatic carbocycles. The van der Waals surface area contributed by atoms with Crippen molar-refractivity contribution in [2.45, 2.75) is 56.7 Å². The Morgan fingerprint density at radius 1 is 1.34 bits per heavy atom. The number of nitrogens with zero attached hydrogens (tertiary/aromatic N) is 3. The number of carbonyl (C=O) groups is 2. The van der Waals surface area contributed by atoms with Crippen LogP contribution in [0, 0.1) is 0 Å². The summed E-state index contributed by atoms with van der Waals surface area (Å²) in [4.78, 5) is 30.6. The Bertz CT molecular complexity index is 867. The van der Waals surface area contributed by atoms with E-state index >= 15 is 0 Å². The zero-order valence-electron chi connectivity index (χ0n) is 16.8. The highest BCUT2D eigenvalue weighted by Crippen LogP contribution is 2.44. The maximum absolute atomic E-state index is 12.7. The molecule has 2 atom stereocenters. The molecule has 1 spiro atoms. The number of aromatic nitrogens is 2. The van der Waals surface area contributed by atoms with Gasteiger partial charge in [-0.1, -0.05) is 18.2 Å². The van der Waals surface area contributed by atoms with Crippen LogP contribution >= 0.6 is 0 Å². The van der Waals surface area contributed by atoms with Gasteiger partial charge in [-0.25, -0.2) is 4.98 Å². The summed E-state index contributed by atoms with van der Waals surface area (Å²) in [5.41, 5.74) is 0.605. The van der Waals surface area contributed by atoms with Gasteiger partial charge in [0.1, 0.15) is 11.4 Å². The summed E-state index contributed by atoms with van der Waals surface area (Å²) >= 11 is 0. The van der Waals surface area contributed by atoms with Gasteiger partial charge in [0.05, 0.1) is 12.4 Å². The smallest absolute Gasteiger partial charge is 0.222 e. The number of likely N-dealkylation sites (tertiary alicyclic amines) is 1. The largest absolute Gasteiger partial charge is 0.487 e. The molecule has 1 aromatic carbocycles. The standard InChI is InChI=1S/C22H28N4O3/c1-25-13-10-22(9-8-21(25)28)15-18(17-5-2-3-6-19(17)29-22)24-20(27)7-4-12-26-14-11-23-16-26/h2-3,5-6,11,14,16,18H,4,7-10,12-13,15H2,1H3,(H,24,27)/t18-,22+/m1/s1. The summed E-state index contributed by atoms with van der Waals surface area (Å²) < 4.78 is 8.42. The number of hydrogen-bond acceptors (Lipinski definition) is 4. The molecule has 0 saturated carbocycles. The van der Waals surface area contributed by atoms with E-state index in [9.17, 15) is 9.59 Å². The maximum atomic E-state index is 12.7. The van der Waals surface area contributed by atoms with Crippen LogP contribution in [-0.2, 0) is 16.1 Å². The summed E-state index contributed by atoms with van der Waals surface area (Å²) in [5.74, 6) is 1.02. The normalized spacial score (nSPS) is 24.0. The van der Waals surface area contributed by atoms with Crippen LogP contribution < -0.4 is 10.1 Å². The lowest BCUT2D eigenvalue weighted by Gasteiger charge is -2.42. The predicted octanol–water partition coefficient (Wildman–Crippen LogP) is 2.68. The number of rotatable bonds is 5. The van der Waals surface area contributed by atoms with Gasteiger partial charge in [0, 0.05) is 63.8 Å².